The van der Waals surface area contributed by atoms with Crippen LogP contribution < -0.4 is 0 Å². The summed E-state index contributed by atoms with van der Waals surface area (Å²) in [6.45, 7) is 10.7. The van der Waals surface area contributed by atoms with E-state index in [0.29, 0.717) is 0 Å². The van der Waals surface area contributed by atoms with Crippen molar-refractivity contribution in [3.05, 3.63) is 49.1 Å². The molecule has 0 heterocycles. The summed E-state index contributed by atoms with van der Waals surface area (Å²) in [6.07, 6.45) is 39.0. The molecule has 4 saturated carbocycles. The molecule has 0 amide bonds. The van der Waals surface area contributed by atoms with Crippen molar-refractivity contribution in [1.29, 1.82) is 0 Å². The van der Waals surface area contributed by atoms with Crippen LogP contribution in [0.4, 0.5) is 0 Å². The van der Waals surface area contributed by atoms with Crippen LogP contribution in [0.3, 0.4) is 0 Å². The molecule has 0 radical (unpaired) electrons. The molecule has 0 unspecified atom stereocenters. The summed E-state index contributed by atoms with van der Waals surface area (Å²) in [6, 6.07) is 0. The highest BCUT2D eigenvalue weighted by Gasteiger charge is 2.30. The van der Waals surface area contributed by atoms with E-state index in [0.717, 1.165) is 47.3 Å². The summed E-state index contributed by atoms with van der Waals surface area (Å²) in [7, 11) is 0. The normalized spacial score (nSPS) is 38.9. The van der Waals surface area contributed by atoms with Gasteiger partial charge in [0.1, 0.15) is 0 Å². The first-order valence-electron chi connectivity index (χ1n) is 15.7. The van der Waals surface area contributed by atoms with Crippen LogP contribution in [-0.2, 0) is 0 Å². The molecule has 0 aliphatic heterocycles. The fraction of sp³-hybridized carbons (Fsp3) is 0.771. The third-order valence-electron chi connectivity index (χ3n) is 10.3. The van der Waals surface area contributed by atoms with Gasteiger partial charge in [0.2, 0.25) is 0 Å². The molecule has 0 nitrogen and oxygen atoms in total. The molecule has 0 aromatic heterocycles. The Balaban J connectivity index is 0.000000196. The largest absolute Gasteiger partial charge is 0.0991 e. The van der Waals surface area contributed by atoms with E-state index >= 15 is 0 Å². The van der Waals surface area contributed by atoms with Crippen LogP contribution >= 0.6 is 0 Å². The molecule has 35 heavy (non-hydrogen) atoms. The van der Waals surface area contributed by atoms with Crippen molar-refractivity contribution in [2.75, 3.05) is 0 Å². The molecule has 4 fully saturated rings. The average molecular weight is 479 g/mol. The van der Waals surface area contributed by atoms with E-state index in [1.54, 1.807) is 0 Å². The average Bonchev–Trinajstić information content (AvgIpc) is 2.90. The molecule has 4 aliphatic carbocycles. The second-order valence-corrected chi connectivity index (χ2v) is 12.9. The summed E-state index contributed by atoms with van der Waals surface area (Å²) in [5, 5.41) is 0. The molecule has 0 aromatic carbocycles. The molecule has 4 rings (SSSR count). The van der Waals surface area contributed by atoms with Gasteiger partial charge in [-0.1, -0.05) is 88.6 Å². The Labute approximate surface area is 219 Å². The number of hydrogen-bond acceptors (Lipinski definition) is 0. The van der Waals surface area contributed by atoms with Gasteiger partial charge in [-0.2, -0.15) is 0 Å². The minimum Gasteiger partial charge on any atom is -0.0991 e. The van der Waals surface area contributed by atoms with Gasteiger partial charge in [-0.15, -0.1) is 0 Å². The van der Waals surface area contributed by atoms with Crippen LogP contribution in [0.1, 0.15) is 124 Å². The van der Waals surface area contributed by atoms with Gasteiger partial charge in [-0.25, -0.2) is 0 Å². The SMILES string of the molecule is C/C=C/C=C/C1CCC(C2CCC(C)CC2)CC1.C=C/C=C/C1CCC(C2CCC(C)CC2)CC1. The Hall–Kier alpha value is -1.04. The maximum Gasteiger partial charge on any atom is -0.0230 e. The molecule has 0 atom stereocenters. The Kier molecular flexibility index (Phi) is 13.0. The summed E-state index contributed by atoms with van der Waals surface area (Å²) in [4.78, 5) is 0. The van der Waals surface area contributed by atoms with Crippen molar-refractivity contribution in [3.8, 4) is 0 Å². The standard InChI is InChI=1S/C18H30.C17H28/c1-3-4-5-6-16-9-13-18(14-10-16)17-11-7-15(2)8-12-17;1-3-4-5-15-8-12-17(13-9-15)16-10-6-14(2)7-11-16/h3-6,15-18H,7-14H2,1-2H3;3-5,14-17H,1,6-13H2,2H3/b4-3+,6-5+;5-4+. The predicted molar refractivity (Wildman–Crippen MR) is 156 cm³/mol. The first-order chi connectivity index (χ1) is 17.1. The van der Waals surface area contributed by atoms with Crippen molar-refractivity contribution in [2.24, 2.45) is 47.3 Å². The summed E-state index contributed by atoms with van der Waals surface area (Å²) in [5.74, 6) is 7.95. The molecule has 0 N–H and O–H groups in total. The smallest absolute Gasteiger partial charge is 0.0230 e. The number of allylic oxidation sites excluding steroid dienone is 7. The van der Waals surface area contributed by atoms with Gasteiger partial charge in [-0.3, -0.25) is 0 Å². The van der Waals surface area contributed by atoms with Gasteiger partial charge in [0.25, 0.3) is 0 Å². The summed E-state index contributed by atoms with van der Waals surface area (Å²) in [5.41, 5.74) is 0. The maximum atomic E-state index is 3.75. The van der Waals surface area contributed by atoms with Gasteiger partial charge in [-0.05, 0) is 131 Å². The predicted octanol–water partition coefficient (Wildman–Crippen LogP) is 11.1. The van der Waals surface area contributed by atoms with Crippen LogP contribution in [0, 0.1) is 47.3 Å². The van der Waals surface area contributed by atoms with Crippen LogP contribution in [0.2, 0.25) is 0 Å². The lowest BCUT2D eigenvalue weighted by molar-refractivity contribution is 0.160. The van der Waals surface area contributed by atoms with Gasteiger partial charge < -0.3 is 0 Å². The zero-order chi connectivity index (χ0) is 24.9. The minimum atomic E-state index is 0.840. The van der Waals surface area contributed by atoms with Crippen LogP contribution in [-0.4, -0.2) is 0 Å². The van der Waals surface area contributed by atoms with E-state index in [9.17, 15) is 0 Å². The maximum absolute atomic E-state index is 3.75. The molecule has 0 bridgehead atoms. The van der Waals surface area contributed by atoms with Gasteiger partial charge in [0.15, 0.2) is 0 Å². The van der Waals surface area contributed by atoms with Crippen LogP contribution in [0.25, 0.3) is 0 Å². The number of rotatable bonds is 6. The second kappa shape index (κ2) is 15.9. The van der Waals surface area contributed by atoms with Crippen LogP contribution in [0.5, 0.6) is 0 Å². The van der Waals surface area contributed by atoms with E-state index < -0.39 is 0 Å². The zero-order valence-electron chi connectivity index (χ0n) is 23.7. The zero-order valence-corrected chi connectivity index (χ0v) is 23.7. The first-order valence-corrected chi connectivity index (χ1v) is 15.7. The molecule has 198 valence electrons. The highest BCUT2D eigenvalue weighted by molar-refractivity contribution is 5.04. The Morgan fingerprint density at radius 2 is 0.800 bits per heavy atom. The molecule has 0 heteroatoms. The fourth-order valence-corrected chi connectivity index (χ4v) is 7.70. The van der Waals surface area contributed by atoms with E-state index in [4.69, 9.17) is 0 Å². The van der Waals surface area contributed by atoms with Gasteiger partial charge >= 0.3 is 0 Å². The lowest BCUT2D eigenvalue weighted by atomic mass is 9.69. The number of hydrogen-bond donors (Lipinski definition) is 0. The van der Waals surface area contributed by atoms with Crippen molar-refractivity contribution in [3.63, 3.8) is 0 Å². The molecule has 4 aliphatic rings. The molecular weight excluding hydrogens is 420 g/mol. The third kappa shape index (κ3) is 10.1. The van der Waals surface area contributed by atoms with E-state index in [2.05, 4.69) is 63.8 Å². The fourth-order valence-electron chi connectivity index (χ4n) is 7.70. The second-order valence-electron chi connectivity index (χ2n) is 12.9. The lowest BCUT2D eigenvalue weighted by Crippen LogP contribution is -2.24. The minimum absolute atomic E-state index is 0.840. The summed E-state index contributed by atoms with van der Waals surface area (Å²) < 4.78 is 0. The van der Waals surface area contributed by atoms with Crippen molar-refractivity contribution < 1.29 is 0 Å². The van der Waals surface area contributed by atoms with Crippen molar-refractivity contribution in [2.45, 2.75) is 124 Å². The summed E-state index contributed by atoms with van der Waals surface area (Å²) >= 11 is 0. The third-order valence-corrected chi connectivity index (χ3v) is 10.3. The van der Waals surface area contributed by atoms with E-state index in [1.807, 2.05) is 6.08 Å². The van der Waals surface area contributed by atoms with Crippen LogP contribution in [0.15, 0.2) is 49.1 Å². The Morgan fingerprint density at radius 1 is 0.457 bits per heavy atom. The van der Waals surface area contributed by atoms with E-state index in [-0.39, 0.29) is 0 Å². The molecular formula is C35H58. The lowest BCUT2D eigenvalue weighted by Gasteiger charge is -2.36. The molecule has 0 aromatic rings. The molecule has 0 saturated heterocycles. The quantitative estimate of drug-likeness (QED) is 0.333. The first kappa shape index (κ1) is 28.5. The monoisotopic (exact) mass is 478 g/mol. The van der Waals surface area contributed by atoms with Gasteiger partial charge in [0.05, 0.1) is 0 Å². The highest BCUT2D eigenvalue weighted by Crippen LogP contribution is 2.42. The highest BCUT2D eigenvalue weighted by atomic mass is 14.4. The van der Waals surface area contributed by atoms with E-state index in [1.165, 1.54) is 103 Å². The van der Waals surface area contributed by atoms with Crippen molar-refractivity contribution >= 4 is 0 Å². The van der Waals surface area contributed by atoms with Gasteiger partial charge in [0, 0.05) is 0 Å². The molecule has 0 spiro atoms. The topological polar surface area (TPSA) is 0 Å². The Bertz CT molecular complexity index is 634. The van der Waals surface area contributed by atoms with Crippen molar-refractivity contribution in [1.82, 2.24) is 0 Å². The Morgan fingerprint density at radius 3 is 1.14 bits per heavy atom.